The first-order valence-electron chi connectivity index (χ1n) is 9.24. The molecule has 3 heterocycles. The number of rotatable bonds is 4. The summed E-state index contributed by atoms with van der Waals surface area (Å²) in [5, 5.41) is 8.56. The number of sulfonamides is 1. The summed E-state index contributed by atoms with van der Waals surface area (Å²) >= 11 is 0. The molecule has 150 valence electrons. The van der Waals surface area contributed by atoms with Crippen LogP contribution in [0.5, 0.6) is 0 Å². The van der Waals surface area contributed by atoms with Crippen LogP contribution in [0.1, 0.15) is 12.8 Å². The Hall–Kier alpha value is -2.33. The number of aromatic nitrogens is 2. The Labute approximate surface area is 162 Å². The lowest BCUT2D eigenvalue weighted by Crippen LogP contribution is -2.49. The maximum atomic E-state index is 13.9. The Kier molecular flexibility index (Phi) is 5.15. The quantitative estimate of drug-likeness (QED) is 0.768. The summed E-state index contributed by atoms with van der Waals surface area (Å²) < 4.78 is 53.8. The van der Waals surface area contributed by atoms with Crippen molar-refractivity contribution in [1.29, 1.82) is 0 Å². The van der Waals surface area contributed by atoms with E-state index in [9.17, 15) is 17.2 Å². The van der Waals surface area contributed by atoms with Crippen LogP contribution in [0.4, 0.5) is 20.4 Å². The van der Waals surface area contributed by atoms with Crippen LogP contribution in [0.3, 0.4) is 0 Å². The summed E-state index contributed by atoms with van der Waals surface area (Å²) in [5.41, 5.74) is 0. The van der Waals surface area contributed by atoms with Crippen molar-refractivity contribution in [2.24, 2.45) is 0 Å². The zero-order valence-corrected chi connectivity index (χ0v) is 16.1. The lowest BCUT2D eigenvalue weighted by atomic mass is 10.3. The van der Waals surface area contributed by atoms with Crippen LogP contribution in [0.2, 0.25) is 0 Å². The molecule has 4 rings (SSSR count). The van der Waals surface area contributed by atoms with Gasteiger partial charge in [-0.25, -0.2) is 17.2 Å². The third-order valence-corrected chi connectivity index (χ3v) is 7.05. The molecule has 0 bridgehead atoms. The number of anilines is 2. The molecule has 2 aromatic rings. The molecule has 1 aromatic carbocycles. The molecule has 0 spiro atoms. The molecular weight excluding hydrogens is 388 g/mol. The first-order valence-corrected chi connectivity index (χ1v) is 10.7. The minimum Gasteiger partial charge on any atom is -0.355 e. The molecule has 0 saturated carbocycles. The van der Waals surface area contributed by atoms with E-state index in [4.69, 9.17) is 0 Å². The zero-order chi connectivity index (χ0) is 19.7. The third-order valence-electron chi connectivity index (χ3n) is 5.14. The Balaban J connectivity index is 1.43. The second-order valence-corrected chi connectivity index (χ2v) is 8.82. The van der Waals surface area contributed by atoms with Crippen molar-refractivity contribution in [3.63, 3.8) is 0 Å². The molecule has 2 aliphatic heterocycles. The predicted octanol–water partition coefficient (Wildman–Crippen LogP) is 1.87. The molecule has 0 atom stereocenters. The molecule has 1 aromatic heterocycles. The molecular formula is C18H21F2N5O2S. The fourth-order valence-electron chi connectivity index (χ4n) is 3.57. The molecule has 0 radical (unpaired) electrons. The monoisotopic (exact) mass is 409 g/mol. The normalized spacial score (nSPS) is 18.6. The van der Waals surface area contributed by atoms with Gasteiger partial charge in [0.1, 0.15) is 16.5 Å². The van der Waals surface area contributed by atoms with E-state index in [0.717, 1.165) is 49.9 Å². The summed E-state index contributed by atoms with van der Waals surface area (Å²) in [5.74, 6) is -0.208. The van der Waals surface area contributed by atoms with Gasteiger partial charge in [-0.05, 0) is 43.2 Å². The molecule has 2 fully saturated rings. The van der Waals surface area contributed by atoms with Gasteiger partial charge in [0.2, 0.25) is 10.0 Å². The molecule has 28 heavy (non-hydrogen) atoms. The molecule has 2 aliphatic rings. The predicted molar refractivity (Wildman–Crippen MR) is 101 cm³/mol. The first-order chi connectivity index (χ1) is 13.4. The van der Waals surface area contributed by atoms with E-state index >= 15 is 0 Å². The fourth-order valence-corrected chi connectivity index (χ4v) is 5.07. The van der Waals surface area contributed by atoms with Crippen LogP contribution >= 0.6 is 0 Å². The number of hydrogen-bond acceptors (Lipinski definition) is 6. The Bertz CT molecular complexity index is 941. The third kappa shape index (κ3) is 3.66. The van der Waals surface area contributed by atoms with Crippen LogP contribution in [-0.2, 0) is 10.0 Å². The van der Waals surface area contributed by atoms with E-state index < -0.39 is 26.6 Å². The number of nitrogens with zero attached hydrogens (tertiary/aromatic N) is 5. The van der Waals surface area contributed by atoms with Gasteiger partial charge in [0.15, 0.2) is 11.6 Å². The highest BCUT2D eigenvalue weighted by Gasteiger charge is 2.31. The second kappa shape index (κ2) is 7.59. The molecule has 0 aliphatic carbocycles. The van der Waals surface area contributed by atoms with Gasteiger partial charge in [0.05, 0.1) is 0 Å². The number of piperazine rings is 1. The van der Waals surface area contributed by atoms with Gasteiger partial charge in [-0.15, -0.1) is 10.2 Å². The standard InChI is InChI=1S/C18H21F2N5O2S/c19-14-3-4-15(20)16(13-14)28(26,27)25-11-9-24(10-12-25)18-6-5-17(21-22-18)23-7-1-2-8-23/h3-6,13H,1-2,7-12H2. The second-order valence-electron chi connectivity index (χ2n) is 6.91. The average molecular weight is 409 g/mol. The Morgan fingerprint density at radius 1 is 0.786 bits per heavy atom. The van der Waals surface area contributed by atoms with E-state index in [1.54, 1.807) is 0 Å². The van der Waals surface area contributed by atoms with Crippen LogP contribution < -0.4 is 9.80 Å². The summed E-state index contributed by atoms with van der Waals surface area (Å²) in [6, 6.07) is 6.27. The minimum atomic E-state index is -4.09. The van der Waals surface area contributed by atoms with E-state index in [0.29, 0.717) is 18.9 Å². The summed E-state index contributed by atoms with van der Waals surface area (Å²) in [6.45, 7) is 3.09. The maximum absolute atomic E-state index is 13.9. The Morgan fingerprint density at radius 2 is 1.36 bits per heavy atom. The number of halogens is 2. The number of benzene rings is 1. The summed E-state index contributed by atoms with van der Waals surface area (Å²) in [4.78, 5) is 3.50. The van der Waals surface area contributed by atoms with Crippen molar-refractivity contribution in [2.75, 3.05) is 49.1 Å². The van der Waals surface area contributed by atoms with Crippen molar-refractivity contribution in [3.8, 4) is 0 Å². The summed E-state index contributed by atoms with van der Waals surface area (Å²) in [6.07, 6.45) is 2.32. The highest BCUT2D eigenvalue weighted by atomic mass is 32.2. The van der Waals surface area contributed by atoms with Gasteiger partial charge in [0.25, 0.3) is 0 Å². The highest BCUT2D eigenvalue weighted by Crippen LogP contribution is 2.24. The van der Waals surface area contributed by atoms with E-state index in [1.165, 1.54) is 4.31 Å². The topological polar surface area (TPSA) is 69.6 Å². The van der Waals surface area contributed by atoms with Crippen LogP contribution in [0.25, 0.3) is 0 Å². The fraction of sp³-hybridized carbons (Fsp3) is 0.444. The van der Waals surface area contributed by atoms with Crippen molar-refractivity contribution in [1.82, 2.24) is 14.5 Å². The van der Waals surface area contributed by atoms with E-state index in [2.05, 4.69) is 15.1 Å². The van der Waals surface area contributed by atoms with Crippen molar-refractivity contribution in [2.45, 2.75) is 17.7 Å². The Morgan fingerprint density at radius 3 is 1.93 bits per heavy atom. The maximum Gasteiger partial charge on any atom is 0.246 e. The molecule has 7 nitrogen and oxygen atoms in total. The molecule has 10 heteroatoms. The zero-order valence-electron chi connectivity index (χ0n) is 15.3. The van der Waals surface area contributed by atoms with Gasteiger partial charge in [-0.3, -0.25) is 0 Å². The summed E-state index contributed by atoms with van der Waals surface area (Å²) in [7, 11) is -4.09. The van der Waals surface area contributed by atoms with Crippen molar-refractivity contribution >= 4 is 21.7 Å². The van der Waals surface area contributed by atoms with Gasteiger partial charge in [-0.2, -0.15) is 4.31 Å². The van der Waals surface area contributed by atoms with Crippen LogP contribution in [0, 0.1) is 11.6 Å². The van der Waals surface area contributed by atoms with E-state index in [1.807, 2.05) is 17.0 Å². The van der Waals surface area contributed by atoms with Gasteiger partial charge < -0.3 is 9.80 Å². The molecule has 0 N–H and O–H groups in total. The number of hydrogen-bond donors (Lipinski definition) is 0. The molecule has 2 saturated heterocycles. The highest BCUT2D eigenvalue weighted by molar-refractivity contribution is 7.89. The lowest BCUT2D eigenvalue weighted by molar-refractivity contribution is 0.380. The van der Waals surface area contributed by atoms with Gasteiger partial charge in [-0.1, -0.05) is 0 Å². The van der Waals surface area contributed by atoms with Crippen LogP contribution in [0.15, 0.2) is 35.2 Å². The van der Waals surface area contributed by atoms with E-state index in [-0.39, 0.29) is 13.1 Å². The van der Waals surface area contributed by atoms with Gasteiger partial charge >= 0.3 is 0 Å². The van der Waals surface area contributed by atoms with Crippen molar-refractivity contribution in [3.05, 3.63) is 42.0 Å². The smallest absolute Gasteiger partial charge is 0.246 e. The van der Waals surface area contributed by atoms with Crippen molar-refractivity contribution < 1.29 is 17.2 Å². The van der Waals surface area contributed by atoms with Crippen LogP contribution in [-0.4, -0.2) is 62.2 Å². The molecule has 0 unspecified atom stereocenters. The average Bonchev–Trinajstić information content (AvgIpc) is 3.25. The SMILES string of the molecule is O=S(=O)(c1cc(F)ccc1F)N1CCN(c2ccc(N3CCCC3)nn2)CC1. The first kappa shape index (κ1) is 19.0. The lowest BCUT2D eigenvalue weighted by Gasteiger charge is -2.34. The molecule has 0 amide bonds. The minimum absolute atomic E-state index is 0.161. The largest absolute Gasteiger partial charge is 0.355 e. The van der Waals surface area contributed by atoms with Gasteiger partial charge in [0, 0.05) is 39.3 Å².